The molecule has 0 spiro atoms. The molecule has 7 nitrogen and oxygen atoms in total. The predicted octanol–water partition coefficient (Wildman–Crippen LogP) is 3.08. The maximum atomic E-state index is 12.2. The minimum Gasteiger partial charge on any atom is -0.467 e. The molecule has 1 heterocycles. The summed E-state index contributed by atoms with van der Waals surface area (Å²) < 4.78 is 5.08. The van der Waals surface area contributed by atoms with Gasteiger partial charge >= 0.3 is 5.69 Å². The van der Waals surface area contributed by atoms with Crippen LogP contribution in [0.2, 0.25) is 5.02 Å². The van der Waals surface area contributed by atoms with E-state index in [0.717, 1.165) is 0 Å². The number of nitro groups is 1. The molecular weight excluding hydrogens is 324 g/mol. The number of carbonyl (C=O) groups excluding carboxylic acids is 1. The van der Waals surface area contributed by atoms with Crippen molar-refractivity contribution in [2.45, 2.75) is 25.5 Å². The van der Waals surface area contributed by atoms with Crippen molar-refractivity contribution in [3.63, 3.8) is 0 Å². The Morgan fingerprint density at radius 2 is 2.17 bits per heavy atom. The topological polar surface area (TPSA) is 106 Å². The largest absolute Gasteiger partial charge is 0.467 e. The summed E-state index contributed by atoms with van der Waals surface area (Å²) >= 11 is 5.78. The molecule has 1 aromatic heterocycles. The van der Waals surface area contributed by atoms with Gasteiger partial charge in [-0.15, -0.1) is 0 Å². The number of hydrogen-bond donors (Lipinski definition) is 2. The van der Waals surface area contributed by atoms with E-state index >= 15 is 0 Å². The van der Waals surface area contributed by atoms with Gasteiger partial charge in [0.25, 0.3) is 5.91 Å². The van der Waals surface area contributed by atoms with Crippen molar-refractivity contribution in [1.82, 2.24) is 5.32 Å². The van der Waals surface area contributed by atoms with Crippen LogP contribution in [-0.4, -0.2) is 22.0 Å². The van der Waals surface area contributed by atoms with Crippen LogP contribution in [0.15, 0.2) is 41.0 Å². The fraction of sp³-hybridized carbons (Fsp3) is 0.267. The summed E-state index contributed by atoms with van der Waals surface area (Å²) in [4.78, 5) is 22.6. The van der Waals surface area contributed by atoms with Crippen LogP contribution >= 0.6 is 11.6 Å². The maximum absolute atomic E-state index is 12.2. The zero-order valence-corrected chi connectivity index (χ0v) is 13.0. The molecule has 0 saturated carbocycles. The van der Waals surface area contributed by atoms with Crippen LogP contribution in [0, 0.1) is 10.1 Å². The quantitative estimate of drug-likeness (QED) is 0.622. The van der Waals surface area contributed by atoms with Crippen LogP contribution < -0.4 is 5.32 Å². The minimum absolute atomic E-state index is 0.106. The minimum atomic E-state index is -0.880. The van der Waals surface area contributed by atoms with E-state index in [1.54, 1.807) is 19.1 Å². The molecule has 1 aromatic carbocycles. The van der Waals surface area contributed by atoms with E-state index in [1.807, 2.05) is 0 Å². The molecule has 0 radical (unpaired) electrons. The summed E-state index contributed by atoms with van der Waals surface area (Å²) in [7, 11) is 0. The number of rotatable bonds is 6. The predicted molar refractivity (Wildman–Crippen MR) is 83.3 cm³/mol. The first-order valence-corrected chi connectivity index (χ1v) is 7.23. The number of furan rings is 1. The smallest absolute Gasteiger partial charge is 0.300 e. The molecular formula is C15H15ClN2O5. The molecule has 122 valence electrons. The van der Waals surface area contributed by atoms with E-state index in [9.17, 15) is 20.0 Å². The van der Waals surface area contributed by atoms with E-state index in [1.165, 1.54) is 24.5 Å². The number of aliphatic hydroxyl groups is 1. The van der Waals surface area contributed by atoms with Gasteiger partial charge in [-0.3, -0.25) is 14.9 Å². The molecule has 23 heavy (non-hydrogen) atoms. The van der Waals surface area contributed by atoms with Crippen molar-refractivity contribution in [2.75, 3.05) is 0 Å². The monoisotopic (exact) mass is 338 g/mol. The normalized spacial score (nSPS) is 13.3. The number of halogens is 1. The van der Waals surface area contributed by atoms with E-state index in [4.69, 9.17) is 16.0 Å². The number of nitrogens with zero attached hydrogens (tertiary/aromatic N) is 1. The fourth-order valence-electron chi connectivity index (χ4n) is 2.18. The highest BCUT2D eigenvalue weighted by Gasteiger charge is 2.25. The Hall–Kier alpha value is -2.38. The third kappa shape index (κ3) is 4.08. The Balaban J connectivity index is 2.07. The van der Waals surface area contributed by atoms with Gasteiger partial charge in [0.15, 0.2) is 0 Å². The SMILES string of the molecule is CC(CC(O)c1ccco1)NC(=O)c1cccc(Cl)c1[N+](=O)[O-]. The summed E-state index contributed by atoms with van der Waals surface area (Å²) in [5, 5.41) is 23.5. The first kappa shape index (κ1) is 17.0. The molecule has 1 amide bonds. The van der Waals surface area contributed by atoms with Crippen LogP contribution in [0.3, 0.4) is 0 Å². The molecule has 2 atom stereocenters. The van der Waals surface area contributed by atoms with E-state index in [2.05, 4.69) is 5.32 Å². The molecule has 8 heteroatoms. The Bertz CT molecular complexity index is 702. The van der Waals surface area contributed by atoms with Crippen molar-refractivity contribution < 1.29 is 19.2 Å². The van der Waals surface area contributed by atoms with Gasteiger partial charge in [0.2, 0.25) is 0 Å². The number of nitro benzene ring substituents is 1. The van der Waals surface area contributed by atoms with Gasteiger partial charge in [-0.25, -0.2) is 0 Å². The van der Waals surface area contributed by atoms with Gasteiger partial charge in [0.1, 0.15) is 22.5 Å². The Labute approximate surface area is 137 Å². The molecule has 0 aliphatic carbocycles. The third-order valence-corrected chi connectivity index (χ3v) is 3.54. The molecule has 2 aromatic rings. The molecule has 0 aliphatic heterocycles. The molecule has 2 N–H and O–H groups in total. The number of benzene rings is 1. The summed E-state index contributed by atoms with van der Waals surface area (Å²) in [6, 6.07) is 6.99. The lowest BCUT2D eigenvalue weighted by Crippen LogP contribution is -2.34. The second-order valence-corrected chi connectivity index (χ2v) is 5.44. The molecule has 0 saturated heterocycles. The van der Waals surface area contributed by atoms with Gasteiger partial charge < -0.3 is 14.8 Å². The van der Waals surface area contributed by atoms with E-state index < -0.39 is 28.7 Å². The summed E-state index contributed by atoms with van der Waals surface area (Å²) in [5.74, 6) is -0.238. The van der Waals surface area contributed by atoms with Crippen molar-refractivity contribution >= 4 is 23.2 Å². The fourth-order valence-corrected chi connectivity index (χ4v) is 2.42. The van der Waals surface area contributed by atoms with Crippen LogP contribution in [-0.2, 0) is 0 Å². The van der Waals surface area contributed by atoms with Crippen LogP contribution in [0.25, 0.3) is 0 Å². The highest BCUT2D eigenvalue weighted by Crippen LogP contribution is 2.28. The van der Waals surface area contributed by atoms with Gasteiger partial charge in [0.05, 0.1) is 11.2 Å². The zero-order chi connectivity index (χ0) is 17.0. The van der Waals surface area contributed by atoms with Gasteiger partial charge in [-0.1, -0.05) is 17.7 Å². The lowest BCUT2D eigenvalue weighted by Gasteiger charge is -2.16. The average Bonchev–Trinajstić information content (AvgIpc) is 3.00. The third-order valence-electron chi connectivity index (χ3n) is 3.24. The van der Waals surface area contributed by atoms with E-state index in [0.29, 0.717) is 5.76 Å². The number of para-hydroxylation sites is 1. The number of carbonyl (C=O) groups is 1. The van der Waals surface area contributed by atoms with Crippen molar-refractivity contribution in [3.8, 4) is 0 Å². The highest BCUT2D eigenvalue weighted by molar-refractivity contribution is 6.33. The van der Waals surface area contributed by atoms with Crippen LogP contribution in [0.4, 0.5) is 5.69 Å². The van der Waals surface area contributed by atoms with Gasteiger partial charge in [0, 0.05) is 12.5 Å². The second kappa shape index (κ2) is 7.26. The van der Waals surface area contributed by atoms with Crippen molar-refractivity contribution in [3.05, 3.63) is 63.1 Å². The summed E-state index contributed by atoms with van der Waals surface area (Å²) in [5.41, 5.74) is -0.563. The maximum Gasteiger partial charge on any atom is 0.300 e. The van der Waals surface area contributed by atoms with Crippen LogP contribution in [0.5, 0.6) is 0 Å². The number of nitrogens with one attached hydrogen (secondary N) is 1. The first-order chi connectivity index (χ1) is 10.9. The molecule has 0 aliphatic rings. The Morgan fingerprint density at radius 3 is 2.78 bits per heavy atom. The van der Waals surface area contributed by atoms with E-state index in [-0.39, 0.29) is 17.0 Å². The Kier molecular flexibility index (Phi) is 5.36. The van der Waals surface area contributed by atoms with Crippen molar-refractivity contribution in [1.29, 1.82) is 0 Å². The molecule has 0 fully saturated rings. The zero-order valence-electron chi connectivity index (χ0n) is 12.2. The molecule has 2 rings (SSSR count). The average molecular weight is 339 g/mol. The van der Waals surface area contributed by atoms with Crippen molar-refractivity contribution in [2.24, 2.45) is 0 Å². The summed E-state index contributed by atoms with van der Waals surface area (Å²) in [6.45, 7) is 1.68. The number of amides is 1. The first-order valence-electron chi connectivity index (χ1n) is 6.85. The molecule has 2 unspecified atom stereocenters. The molecule has 0 bridgehead atoms. The number of aliphatic hydroxyl groups excluding tert-OH is 1. The highest BCUT2D eigenvalue weighted by atomic mass is 35.5. The summed E-state index contributed by atoms with van der Waals surface area (Å²) in [6.07, 6.45) is 0.764. The lowest BCUT2D eigenvalue weighted by molar-refractivity contribution is -0.385. The van der Waals surface area contributed by atoms with Crippen LogP contribution in [0.1, 0.15) is 35.6 Å². The van der Waals surface area contributed by atoms with Gasteiger partial charge in [-0.05, 0) is 31.2 Å². The number of hydrogen-bond acceptors (Lipinski definition) is 5. The lowest BCUT2D eigenvalue weighted by atomic mass is 10.1. The second-order valence-electron chi connectivity index (χ2n) is 5.03. The van der Waals surface area contributed by atoms with Gasteiger partial charge in [-0.2, -0.15) is 0 Å². The Morgan fingerprint density at radius 1 is 1.43 bits per heavy atom. The standard InChI is InChI=1S/C15H15ClN2O5/c1-9(8-12(19)13-6-3-7-23-13)17-15(20)10-4-2-5-11(16)14(10)18(21)22/h2-7,9,12,19H,8H2,1H3,(H,17,20).